The lowest BCUT2D eigenvalue weighted by atomic mass is 9.84. The Labute approximate surface area is 208 Å². The molecule has 0 saturated carbocycles. The largest absolute Gasteiger partial charge is 0.490 e. The van der Waals surface area contributed by atoms with Crippen LogP contribution in [0, 0.1) is 18.8 Å². The summed E-state index contributed by atoms with van der Waals surface area (Å²) in [5.74, 6) is -4.58. The molecule has 2 aliphatic heterocycles. The number of halogens is 6. The molecule has 212 valence electrons. The SMILES string of the molecule is Cc1cccc(CN2CC[C@H]3CO[C@H](CNS(C)(=O)=O)[C@H]3C2)n1.O=C(O)C(F)(F)F.O=C(O)C(F)(F)F. The van der Waals surface area contributed by atoms with Gasteiger partial charge in [-0.2, -0.15) is 26.3 Å². The van der Waals surface area contributed by atoms with Gasteiger partial charge in [-0.1, -0.05) is 6.07 Å². The van der Waals surface area contributed by atoms with Gasteiger partial charge in [0.15, 0.2) is 0 Å². The first-order valence-corrected chi connectivity index (χ1v) is 12.5. The second kappa shape index (κ2) is 13.3. The summed E-state index contributed by atoms with van der Waals surface area (Å²) in [4.78, 5) is 24.8. The van der Waals surface area contributed by atoms with E-state index in [4.69, 9.17) is 24.5 Å². The zero-order valence-corrected chi connectivity index (χ0v) is 20.5. The predicted octanol–water partition coefficient (Wildman–Crippen LogP) is 2.04. The van der Waals surface area contributed by atoms with Crippen LogP contribution >= 0.6 is 0 Å². The van der Waals surface area contributed by atoms with E-state index in [0.717, 1.165) is 44.0 Å². The maximum atomic E-state index is 11.3. The first kappa shape index (κ1) is 32.5. The summed E-state index contributed by atoms with van der Waals surface area (Å²) in [5.41, 5.74) is 2.13. The standard InChI is InChI=1S/C16H25N3O3S.2C2HF3O2/c1-12-4-3-5-14(18-12)9-19-7-6-13-11-22-16(15(13)10-19)8-17-23(2,20)21;2*3-2(4,5)1(6)7/h3-5,13,15-17H,6-11H2,1-2H3;2*(H,6,7)/t13-,15-,16+;;/m0../s1. The van der Waals surface area contributed by atoms with Crippen LogP contribution in [0.2, 0.25) is 0 Å². The van der Waals surface area contributed by atoms with Gasteiger partial charge in [-0.15, -0.1) is 0 Å². The van der Waals surface area contributed by atoms with Gasteiger partial charge >= 0.3 is 24.3 Å². The number of carboxylic acids is 2. The van der Waals surface area contributed by atoms with Crippen molar-refractivity contribution in [2.75, 3.05) is 32.5 Å². The van der Waals surface area contributed by atoms with E-state index >= 15 is 0 Å². The molecule has 0 unspecified atom stereocenters. The molecule has 0 aromatic carbocycles. The van der Waals surface area contributed by atoms with Crippen LogP contribution in [0.4, 0.5) is 26.3 Å². The van der Waals surface area contributed by atoms with Gasteiger partial charge in [0.05, 0.1) is 24.7 Å². The third kappa shape index (κ3) is 12.5. The number of piperidine rings is 1. The first-order valence-electron chi connectivity index (χ1n) is 10.6. The van der Waals surface area contributed by atoms with Crippen LogP contribution in [0.3, 0.4) is 0 Å². The molecule has 3 rings (SSSR count). The molecule has 3 heterocycles. The Morgan fingerprint density at radius 3 is 2.14 bits per heavy atom. The number of fused-ring (bicyclic) bond motifs is 1. The Bertz CT molecular complexity index is 996. The molecule has 0 radical (unpaired) electrons. The van der Waals surface area contributed by atoms with Gasteiger partial charge in [-0.25, -0.2) is 22.7 Å². The smallest absolute Gasteiger partial charge is 0.475 e. The number of nitrogens with one attached hydrogen (secondary N) is 1. The van der Waals surface area contributed by atoms with Crippen LogP contribution in [-0.2, 0) is 30.9 Å². The lowest BCUT2D eigenvalue weighted by molar-refractivity contribution is -0.193. The molecular formula is C20H27F6N3O7S. The van der Waals surface area contributed by atoms with Crippen molar-refractivity contribution in [3.05, 3.63) is 29.6 Å². The number of nitrogens with zero attached hydrogens (tertiary/aromatic N) is 2. The van der Waals surface area contributed by atoms with Crippen LogP contribution in [0.25, 0.3) is 0 Å². The number of sulfonamides is 1. The summed E-state index contributed by atoms with van der Waals surface area (Å²) < 4.78 is 94.5. The van der Waals surface area contributed by atoms with Gasteiger partial charge < -0.3 is 14.9 Å². The third-order valence-corrected chi connectivity index (χ3v) is 5.95. The Kier molecular flexibility index (Phi) is 11.7. The molecule has 1 aromatic heterocycles. The summed E-state index contributed by atoms with van der Waals surface area (Å²) in [6, 6.07) is 6.11. The second-order valence-electron chi connectivity index (χ2n) is 8.32. The Morgan fingerprint density at radius 2 is 1.68 bits per heavy atom. The zero-order valence-electron chi connectivity index (χ0n) is 19.7. The minimum Gasteiger partial charge on any atom is -0.475 e. The Balaban J connectivity index is 0.000000404. The maximum Gasteiger partial charge on any atom is 0.490 e. The highest BCUT2D eigenvalue weighted by molar-refractivity contribution is 7.88. The lowest BCUT2D eigenvalue weighted by Gasteiger charge is -2.35. The van der Waals surface area contributed by atoms with Crippen molar-refractivity contribution in [3.63, 3.8) is 0 Å². The molecular weight excluding hydrogens is 540 g/mol. The molecule has 3 N–H and O–H groups in total. The van der Waals surface area contributed by atoms with Gasteiger partial charge in [0.25, 0.3) is 0 Å². The molecule has 2 saturated heterocycles. The van der Waals surface area contributed by atoms with Crippen molar-refractivity contribution in [1.29, 1.82) is 0 Å². The number of aryl methyl sites for hydroxylation is 1. The van der Waals surface area contributed by atoms with E-state index in [-0.39, 0.29) is 6.10 Å². The normalized spacial score (nSPS) is 22.1. The second-order valence-corrected chi connectivity index (χ2v) is 10.1. The van der Waals surface area contributed by atoms with Crippen LogP contribution in [0.5, 0.6) is 0 Å². The van der Waals surface area contributed by atoms with E-state index in [1.165, 1.54) is 6.26 Å². The molecule has 2 aliphatic rings. The molecule has 3 atom stereocenters. The monoisotopic (exact) mass is 567 g/mol. The number of hydrogen-bond acceptors (Lipinski definition) is 7. The van der Waals surface area contributed by atoms with E-state index in [1.807, 2.05) is 19.1 Å². The van der Waals surface area contributed by atoms with Gasteiger partial charge in [-0.05, 0) is 37.9 Å². The van der Waals surface area contributed by atoms with Gasteiger partial charge in [-0.3, -0.25) is 9.88 Å². The van der Waals surface area contributed by atoms with Crippen molar-refractivity contribution in [2.24, 2.45) is 11.8 Å². The number of pyridine rings is 1. The van der Waals surface area contributed by atoms with Crippen molar-refractivity contribution in [3.8, 4) is 0 Å². The van der Waals surface area contributed by atoms with Crippen LogP contribution in [0.1, 0.15) is 17.8 Å². The fourth-order valence-corrected chi connectivity index (χ4v) is 4.07. The molecule has 1 aromatic rings. The summed E-state index contributed by atoms with van der Waals surface area (Å²) in [5, 5.41) is 14.2. The Morgan fingerprint density at radius 1 is 1.14 bits per heavy atom. The topological polar surface area (TPSA) is 146 Å². The average molecular weight is 568 g/mol. The fraction of sp³-hybridized carbons (Fsp3) is 0.650. The van der Waals surface area contributed by atoms with E-state index < -0.39 is 34.3 Å². The van der Waals surface area contributed by atoms with E-state index in [2.05, 4.69) is 20.7 Å². The zero-order chi connectivity index (χ0) is 28.6. The van der Waals surface area contributed by atoms with Crippen molar-refractivity contribution < 1.29 is 59.3 Å². The van der Waals surface area contributed by atoms with Crippen molar-refractivity contribution in [1.82, 2.24) is 14.6 Å². The van der Waals surface area contributed by atoms with Crippen LogP contribution in [-0.4, -0.2) is 91.4 Å². The molecule has 10 nitrogen and oxygen atoms in total. The molecule has 2 fully saturated rings. The summed E-state index contributed by atoms with van der Waals surface area (Å²) in [7, 11) is -3.17. The van der Waals surface area contributed by atoms with Crippen molar-refractivity contribution >= 4 is 22.0 Å². The number of likely N-dealkylation sites (tertiary alicyclic amines) is 1. The highest BCUT2D eigenvalue weighted by Gasteiger charge is 2.41. The van der Waals surface area contributed by atoms with E-state index in [9.17, 15) is 34.8 Å². The van der Waals surface area contributed by atoms with Gasteiger partial charge in [0.1, 0.15) is 0 Å². The average Bonchev–Trinajstić information content (AvgIpc) is 3.13. The van der Waals surface area contributed by atoms with Crippen molar-refractivity contribution in [2.45, 2.75) is 38.3 Å². The predicted molar refractivity (Wildman–Crippen MR) is 116 cm³/mol. The number of carbonyl (C=O) groups is 2. The quantitative estimate of drug-likeness (QED) is 0.455. The third-order valence-electron chi connectivity index (χ3n) is 5.26. The highest BCUT2D eigenvalue weighted by atomic mass is 32.2. The molecule has 37 heavy (non-hydrogen) atoms. The lowest BCUT2D eigenvalue weighted by Crippen LogP contribution is -2.45. The van der Waals surface area contributed by atoms with E-state index in [0.29, 0.717) is 18.4 Å². The first-order chi connectivity index (χ1) is 16.8. The highest BCUT2D eigenvalue weighted by Crippen LogP contribution is 2.34. The van der Waals surface area contributed by atoms with Gasteiger partial charge in [0.2, 0.25) is 10.0 Å². The molecule has 0 amide bonds. The maximum absolute atomic E-state index is 11.3. The Hall–Kier alpha value is -2.50. The summed E-state index contributed by atoms with van der Waals surface area (Å²) in [6.45, 7) is 5.96. The molecule has 0 bridgehead atoms. The number of ether oxygens (including phenoxy) is 1. The minimum atomic E-state index is -5.08. The number of aliphatic carboxylic acids is 2. The van der Waals surface area contributed by atoms with Crippen LogP contribution in [0.15, 0.2) is 18.2 Å². The molecule has 0 spiro atoms. The minimum absolute atomic E-state index is 0.0250. The van der Waals surface area contributed by atoms with Crippen LogP contribution < -0.4 is 4.72 Å². The fourth-order valence-electron chi connectivity index (χ4n) is 3.60. The summed E-state index contributed by atoms with van der Waals surface area (Å²) in [6.07, 6.45) is -7.90. The number of rotatable bonds is 5. The van der Waals surface area contributed by atoms with E-state index in [1.54, 1.807) is 0 Å². The number of hydrogen-bond donors (Lipinski definition) is 3. The summed E-state index contributed by atoms with van der Waals surface area (Å²) >= 11 is 0. The number of alkyl halides is 6. The molecule has 17 heteroatoms. The van der Waals surface area contributed by atoms with Gasteiger partial charge in [0, 0.05) is 31.2 Å². The molecule has 0 aliphatic carbocycles. The number of aromatic nitrogens is 1. The number of carboxylic acid groups (broad SMARTS) is 2.